The Morgan fingerprint density at radius 3 is 2.69 bits per heavy atom. The molecule has 1 saturated carbocycles. The van der Waals surface area contributed by atoms with E-state index in [4.69, 9.17) is 0 Å². The lowest BCUT2D eigenvalue weighted by atomic mass is 10.0. The first-order valence-electron chi connectivity index (χ1n) is 8.63. The molecular formula is C19H21N3O3S. The Morgan fingerprint density at radius 2 is 2.00 bits per heavy atom. The van der Waals surface area contributed by atoms with Crippen LogP contribution in [0.2, 0.25) is 0 Å². The first kappa shape index (κ1) is 16.9. The van der Waals surface area contributed by atoms with Crippen molar-refractivity contribution in [2.24, 2.45) is 5.92 Å². The minimum absolute atomic E-state index is 0.268. The summed E-state index contributed by atoms with van der Waals surface area (Å²) < 4.78 is 25.0. The van der Waals surface area contributed by atoms with Gasteiger partial charge in [-0.3, -0.25) is 0 Å². The van der Waals surface area contributed by atoms with Crippen molar-refractivity contribution in [2.45, 2.75) is 24.7 Å². The summed E-state index contributed by atoms with van der Waals surface area (Å²) in [5.41, 5.74) is 3.54. The Bertz CT molecular complexity index is 1100. The lowest BCUT2D eigenvalue weighted by molar-refractivity contribution is -0.586. The van der Waals surface area contributed by atoms with Gasteiger partial charge in [0.1, 0.15) is 5.69 Å². The molecule has 2 N–H and O–H groups in total. The third kappa shape index (κ3) is 3.03. The van der Waals surface area contributed by atoms with Crippen LogP contribution in [-0.2, 0) is 9.84 Å². The van der Waals surface area contributed by atoms with Crippen LogP contribution in [0.3, 0.4) is 0 Å². The molecule has 26 heavy (non-hydrogen) atoms. The molecule has 0 bridgehead atoms. The third-order valence-corrected chi connectivity index (χ3v) is 5.99. The van der Waals surface area contributed by atoms with E-state index in [0.29, 0.717) is 17.3 Å². The normalized spacial score (nSPS) is 14.7. The molecule has 0 amide bonds. The first-order valence-corrected chi connectivity index (χ1v) is 10.5. The molecule has 0 aliphatic heterocycles. The molecule has 4 rings (SSSR count). The summed E-state index contributed by atoms with van der Waals surface area (Å²) in [5, 5.41) is 16.5. The van der Waals surface area contributed by atoms with Gasteiger partial charge in [-0.1, -0.05) is 0 Å². The van der Waals surface area contributed by atoms with Gasteiger partial charge in [-0.05, 0) is 56.0 Å². The zero-order valence-corrected chi connectivity index (χ0v) is 15.6. The summed E-state index contributed by atoms with van der Waals surface area (Å²) in [5.74, 6) is 0.686. The zero-order valence-electron chi connectivity index (χ0n) is 14.7. The number of aromatic nitrogens is 2. The van der Waals surface area contributed by atoms with Crippen molar-refractivity contribution in [3.63, 3.8) is 0 Å². The highest BCUT2D eigenvalue weighted by Gasteiger charge is 2.23. The van der Waals surface area contributed by atoms with E-state index in [1.165, 1.54) is 19.1 Å². The number of fused-ring (bicyclic) bond motifs is 1. The molecule has 1 fully saturated rings. The van der Waals surface area contributed by atoms with Gasteiger partial charge in [-0.25, -0.2) is 18.1 Å². The summed E-state index contributed by atoms with van der Waals surface area (Å²) in [4.78, 5) is 3.24. The number of hydrogen-bond acceptors (Lipinski definition) is 4. The summed E-state index contributed by atoms with van der Waals surface area (Å²) in [6.45, 7) is 2.61. The van der Waals surface area contributed by atoms with E-state index in [1.807, 2.05) is 18.2 Å². The van der Waals surface area contributed by atoms with E-state index in [1.54, 1.807) is 25.3 Å². The molecular weight excluding hydrogens is 350 g/mol. The minimum atomic E-state index is -3.33. The van der Waals surface area contributed by atoms with Crippen LogP contribution in [0.25, 0.3) is 22.2 Å². The van der Waals surface area contributed by atoms with Crippen molar-refractivity contribution >= 4 is 26.6 Å². The second-order valence-electron chi connectivity index (χ2n) is 7.04. The topological polar surface area (TPSA) is 88.9 Å². The van der Waals surface area contributed by atoms with Gasteiger partial charge < -0.3 is 10.5 Å². The lowest BCUT2D eigenvalue weighted by Gasteiger charge is -2.16. The highest BCUT2D eigenvalue weighted by atomic mass is 32.2. The fourth-order valence-corrected chi connectivity index (χ4v) is 3.84. The molecule has 0 atom stereocenters. The SMILES string of the molecule is Cc1cc(-c2cc(S(C)(=O)=O)ccc2NCC2CC2)c2cc[nH]c2[n+]1[O-]. The van der Waals surface area contributed by atoms with Crippen molar-refractivity contribution in [2.75, 3.05) is 18.1 Å². The van der Waals surface area contributed by atoms with Crippen molar-refractivity contribution in [1.29, 1.82) is 0 Å². The molecule has 1 aromatic carbocycles. The van der Waals surface area contributed by atoms with Crippen molar-refractivity contribution < 1.29 is 13.1 Å². The number of rotatable bonds is 5. The molecule has 0 saturated heterocycles. The monoisotopic (exact) mass is 371 g/mol. The number of sulfone groups is 1. The number of nitrogens with one attached hydrogen (secondary N) is 2. The Hall–Kier alpha value is -2.54. The summed E-state index contributed by atoms with van der Waals surface area (Å²) >= 11 is 0. The number of aryl methyl sites for hydroxylation is 1. The number of aromatic amines is 1. The van der Waals surface area contributed by atoms with Crippen molar-refractivity contribution in [3.8, 4) is 11.1 Å². The molecule has 0 unspecified atom stereocenters. The number of nitrogens with zero attached hydrogens (tertiary/aromatic N) is 1. The molecule has 0 radical (unpaired) electrons. The highest BCUT2D eigenvalue weighted by Crippen LogP contribution is 2.36. The summed E-state index contributed by atoms with van der Waals surface area (Å²) in [6, 6.07) is 8.80. The maximum absolute atomic E-state index is 12.3. The van der Waals surface area contributed by atoms with Gasteiger partial charge in [-0.2, -0.15) is 0 Å². The largest absolute Gasteiger partial charge is 0.710 e. The average Bonchev–Trinajstić information content (AvgIpc) is 3.29. The fourth-order valence-electron chi connectivity index (χ4n) is 3.20. The number of H-pyrrole nitrogens is 1. The van der Waals surface area contributed by atoms with Crippen LogP contribution in [0.1, 0.15) is 18.5 Å². The summed E-state index contributed by atoms with van der Waals surface area (Å²) in [6.07, 6.45) is 5.38. The molecule has 3 aromatic rings. The van der Waals surface area contributed by atoms with Crippen LogP contribution < -0.4 is 10.0 Å². The molecule has 2 heterocycles. The van der Waals surface area contributed by atoms with Gasteiger partial charge in [0, 0.05) is 29.6 Å². The Balaban J connectivity index is 1.93. The second kappa shape index (κ2) is 6.02. The van der Waals surface area contributed by atoms with Crippen LogP contribution in [0, 0.1) is 18.0 Å². The molecule has 6 nitrogen and oxygen atoms in total. The average molecular weight is 371 g/mol. The molecule has 136 valence electrons. The van der Waals surface area contributed by atoms with E-state index in [0.717, 1.165) is 33.5 Å². The van der Waals surface area contributed by atoms with E-state index < -0.39 is 9.84 Å². The second-order valence-corrected chi connectivity index (χ2v) is 9.05. The van der Waals surface area contributed by atoms with Crippen LogP contribution >= 0.6 is 0 Å². The van der Waals surface area contributed by atoms with Gasteiger partial charge in [0.2, 0.25) is 0 Å². The molecule has 1 aliphatic rings. The number of anilines is 1. The van der Waals surface area contributed by atoms with Crippen LogP contribution in [0.4, 0.5) is 5.69 Å². The molecule has 1 aliphatic carbocycles. The predicted octanol–water partition coefficient (Wildman–Crippen LogP) is 3.00. The summed E-state index contributed by atoms with van der Waals surface area (Å²) in [7, 11) is -3.33. The number of hydrogen-bond donors (Lipinski definition) is 2. The standard InChI is InChI=1S/C19H21N3O3S/c1-12-9-16(15-7-8-20-19(15)22(12)23)17-10-14(26(2,24)25)5-6-18(17)21-11-13-3-4-13/h5-10,13,20-21H,3-4,11H2,1-2H3. The van der Waals surface area contributed by atoms with Crippen molar-refractivity contribution in [3.05, 3.63) is 47.4 Å². The third-order valence-electron chi connectivity index (χ3n) is 4.88. The quantitative estimate of drug-likeness (QED) is 0.533. The van der Waals surface area contributed by atoms with Crippen LogP contribution in [-0.4, -0.2) is 26.2 Å². The van der Waals surface area contributed by atoms with Crippen molar-refractivity contribution in [1.82, 2.24) is 4.98 Å². The fraction of sp³-hybridized carbons (Fsp3) is 0.316. The maximum atomic E-state index is 12.3. The Kier molecular flexibility index (Phi) is 3.91. The molecule has 2 aromatic heterocycles. The lowest BCUT2D eigenvalue weighted by Crippen LogP contribution is -2.31. The van der Waals surface area contributed by atoms with Gasteiger partial charge >= 0.3 is 0 Å². The minimum Gasteiger partial charge on any atom is -0.710 e. The predicted molar refractivity (Wildman–Crippen MR) is 102 cm³/mol. The van der Waals surface area contributed by atoms with E-state index in [-0.39, 0.29) is 4.90 Å². The van der Waals surface area contributed by atoms with E-state index in [2.05, 4.69) is 10.3 Å². The number of pyridine rings is 1. The van der Waals surface area contributed by atoms with E-state index in [9.17, 15) is 13.6 Å². The smallest absolute Gasteiger partial charge is 0.290 e. The van der Waals surface area contributed by atoms with Crippen LogP contribution in [0.5, 0.6) is 0 Å². The molecule has 0 spiro atoms. The van der Waals surface area contributed by atoms with Gasteiger partial charge in [-0.15, -0.1) is 0 Å². The highest BCUT2D eigenvalue weighted by molar-refractivity contribution is 7.90. The van der Waals surface area contributed by atoms with Gasteiger partial charge in [0.05, 0.1) is 16.5 Å². The van der Waals surface area contributed by atoms with E-state index >= 15 is 0 Å². The van der Waals surface area contributed by atoms with Gasteiger partial charge in [0.15, 0.2) is 9.84 Å². The Labute approximate surface area is 152 Å². The number of benzene rings is 1. The van der Waals surface area contributed by atoms with Crippen LogP contribution in [0.15, 0.2) is 41.4 Å². The Morgan fingerprint density at radius 1 is 1.23 bits per heavy atom. The first-order chi connectivity index (χ1) is 12.3. The maximum Gasteiger partial charge on any atom is 0.290 e. The zero-order chi connectivity index (χ0) is 18.5. The molecule has 7 heteroatoms. The van der Waals surface area contributed by atoms with Gasteiger partial charge in [0.25, 0.3) is 5.65 Å².